The molecule has 6 amide bonds. The maximum atomic E-state index is 9.00. The number of hydrogen-bond acceptors (Lipinski definition) is 4. The molecule has 0 aliphatic carbocycles. The molecule has 18 heavy (non-hydrogen) atoms. The first-order valence-electron chi connectivity index (χ1n) is 3.63. The minimum atomic E-state index is -0.833. The van der Waals surface area contributed by atoms with E-state index in [1.54, 1.807) is 0 Å². The molecule has 0 rings (SSSR count). The van der Waals surface area contributed by atoms with E-state index in [4.69, 9.17) is 19.2 Å². The molecule has 0 aromatic rings. The van der Waals surface area contributed by atoms with Crippen LogP contribution < -0.4 is 34.4 Å². The molecule has 0 bridgehead atoms. The Balaban J connectivity index is -0.0000000249. The van der Waals surface area contributed by atoms with Gasteiger partial charge in [-0.15, -0.1) is 26.3 Å². The molecule has 0 radical (unpaired) electrons. The second kappa shape index (κ2) is 66.0. The van der Waals surface area contributed by atoms with Crippen LogP contribution in [0.15, 0.2) is 26.3 Å². The van der Waals surface area contributed by atoms with Gasteiger partial charge >= 0.3 is 18.1 Å². The second-order valence-corrected chi connectivity index (χ2v) is 1.21. The number of urea groups is 3. The molecule has 0 unspecified atom stereocenters. The summed E-state index contributed by atoms with van der Waals surface area (Å²) < 4.78 is 0. The molecule has 10 nitrogen and oxygen atoms in total. The molecule has 10 heteroatoms. The van der Waals surface area contributed by atoms with Crippen LogP contribution >= 0.6 is 0 Å². The lowest BCUT2D eigenvalue weighted by molar-refractivity contribution is -0.0980. The van der Waals surface area contributed by atoms with Crippen LogP contribution in [0.5, 0.6) is 0 Å². The van der Waals surface area contributed by atoms with Crippen molar-refractivity contribution in [3.8, 4) is 0 Å². The Morgan fingerprint density at radius 3 is 0.500 bits per heavy atom. The van der Waals surface area contributed by atoms with Crippen molar-refractivity contribution in [3.63, 3.8) is 0 Å². The highest BCUT2D eigenvalue weighted by Crippen LogP contribution is 1.26. The summed E-state index contributed by atoms with van der Waals surface area (Å²) >= 11 is 0. The van der Waals surface area contributed by atoms with Crippen LogP contribution in [0.3, 0.4) is 0 Å². The average molecular weight is 266 g/mol. The highest BCUT2D eigenvalue weighted by Gasteiger charge is 1.61. The summed E-state index contributed by atoms with van der Waals surface area (Å²) in [5.74, 6) is 0. The number of hydrogen-bond donors (Lipinski definition) is 6. The largest absolute Gasteiger partial charge is 0.352 e. The van der Waals surface area contributed by atoms with Gasteiger partial charge in [0.15, 0.2) is 0 Å². The minimum Gasteiger partial charge on any atom is -0.352 e. The Morgan fingerprint density at radius 1 is 0.500 bits per heavy atom. The topological polar surface area (TPSA) is 224 Å². The van der Waals surface area contributed by atoms with Gasteiger partial charge in [-0.3, -0.25) is 0 Å². The lowest BCUT2D eigenvalue weighted by Gasteiger charge is -1.62. The summed E-state index contributed by atoms with van der Waals surface area (Å²) in [6.07, 6.45) is 0. The molecular formula is C8H22N6O4. The Labute approximate surface area is 106 Å². The van der Waals surface area contributed by atoms with E-state index in [9.17, 15) is 0 Å². The van der Waals surface area contributed by atoms with Crippen LogP contribution in [-0.4, -0.2) is 24.9 Å². The Hall–Kier alpha value is -3.04. The lowest BCUT2D eigenvalue weighted by atomic mass is 11.2. The van der Waals surface area contributed by atoms with Crippen molar-refractivity contribution in [2.24, 2.45) is 34.4 Å². The SMILES string of the molecule is C=C.C=C.C=O.NC(N)=O.NC(N)=O.NC(N)=O. The van der Waals surface area contributed by atoms with Crippen LogP contribution in [0.1, 0.15) is 0 Å². The Morgan fingerprint density at radius 2 is 0.500 bits per heavy atom. The van der Waals surface area contributed by atoms with Gasteiger partial charge in [-0.1, -0.05) is 0 Å². The second-order valence-electron chi connectivity index (χ2n) is 1.21. The summed E-state index contributed by atoms with van der Waals surface area (Å²) in [6, 6.07) is -2.50. The van der Waals surface area contributed by atoms with Crippen LogP contribution in [0.25, 0.3) is 0 Å². The van der Waals surface area contributed by atoms with Crippen molar-refractivity contribution in [2.75, 3.05) is 0 Å². The normalized spacial score (nSPS) is 4.67. The molecule has 108 valence electrons. The molecule has 0 saturated carbocycles. The number of primary amides is 6. The molecule has 0 aliphatic rings. The molecule has 0 aliphatic heterocycles. The van der Waals surface area contributed by atoms with E-state index in [0.29, 0.717) is 0 Å². The molecular weight excluding hydrogens is 244 g/mol. The fraction of sp³-hybridized carbons (Fsp3) is 0. The van der Waals surface area contributed by atoms with E-state index in [1.165, 1.54) is 0 Å². The van der Waals surface area contributed by atoms with Gasteiger partial charge in [0.1, 0.15) is 6.79 Å². The van der Waals surface area contributed by atoms with Gasteiger partial charge in [-0.2, -0.15) is 0 Å². The Kier molecular flexibility index (Phi) is 133. The van der Waals surface area contributed by atoms with Crippen molar-refractivity contribution in [2.45, 2.75) is 0 Å². The van der Waals surface area contributed by atoms with Gasteiger partial charge in [-0.25, -0.2) is 14.4 Å². The van der Waals surface area contributed by atoms with Gasteiger partial charge in [0, 0.05) is 0 Å². The number of rotatable bonds is 0. The van der Waals surface area contributed by atoms with E-state index < -0.39 is 18.1 Å². The highest BCUT2D eigenvalue weighted by molar-refractivity contribution is 5.69. The summed E-state index contributed by atoms with van der Waals surface area (Å²) in [5, 5.41) is 0. The van der Waals surface area contributed by atoms with Gasteiger partial charge in [-0.05, 0) is 0 Å². The smallest absolute Gasteiger partial charge is 0.309 e. The van der Waals surface area contributed by atoms with E-state index >= 15 is 0 Å². The maximum absolute atomic E-state index is 9.00. The molecule has 0 fully saturated rings. The zero-order valence-electron chi connectivity index (χ0n) is 10.1. The van der Waals surface area contributed by atoms with Crippen molar-refractivity contribution in [1.82, 2.24) is 0 Å². The molecule has 0 atom stereocenters. The zero-order chi connectivity index (χ0) is 16.7. The summed E-state index contributed by atoms with van der Waals surface area (Å²) in [7, 11) is 0. The van der Waals surface area contributed by atoms with Crippen molar-refractivity contribution in [3.05, 3.63) is 26.3 Å². The van der Waals surface area contributed by atoms with Gasteiger partial charge in [0.05, 0.1) is 0 Å². The molecule has 12 N–H and O–H groups in total. The third-order valence-electron chi connectivity index (χ3n) is 0. The van der Waals surface area contributed by atoms with Gasteiger partial charge in [0.2, 0.25) is 0 Å². The molecule has 0 spiro atoms. The highest BCUT2D eigenvalue weighted by atomic mass is 16.2. The standard InChI is InChI=1S/2C2H4.3CH4N2O.CH2O/c2*1-2;3*2-1(3)4;1-2/h2*1-2H2;3*(H4,2,3,4);1H2. The number of carbonyl (C=O) groups excluding carboxylic acids is 4. The third-order valence-corrected chi connectivity index (χ3v) is 0. The predicted molar refractivity (Wildman–Crippen MR) is 70.9 cm³/mol. The number of carbonyl (C=O) groups is 4. The fourth-order valence-corrected chi connectivity index (χ4v) is 0. The van der Waals surface area contributed by atoms with Crippen LogP contribution in [0.4, 0.5) is 14.4 Å². The molecule has 0 aromatic carbocycles. The van der Waals surface area contributed by atoms with Gasteiger partial charge in [0.25, 0.3) is 0 Å². The van der Waals surface area contributed by atoms with E-state index in [-0.39, 0.29) is 0 Å². The monoisotopic (exact) mass is 266 g/mol. The van der Waals surface area contributed by atoms with E-state index in [0.717, 1.165) is 0 Å². The predicted octanol–water partition coefficient (Wildman–Crippen LogP) is -1.51. The quantitative estimate of drug-likeness (QED) is 0.287. The number of amides is 6. The molecule has 0 heterocycles. The van der Waals surface area contributed by atoms with Crippen LogP contribution in [0.2, 0.25) is 0 Å². The third kappa shape index (κ3) is 201. The van der Waals surface area contributed by atoms with Crippen molar-refractivity contribution in [1.29, 1.82) is 0 Å². The summed E-state index contributed by atoms with van der Waals surface area (Å²) in [6.45, 7) is 14.0. The van der Waals surface area contributed by atoms with Crippen molar-refractivity contribution < 1.29 is 19.2 Å². The molecule has 0 aromatic heterocycles. The maximum Gasteiger partial charge on any atom is 0.309 e. The first-order valence-corrected chi connectivity index (χ1v) is 3.63. The van der Waals surface area contributed by atoms with E-state index in [2.05, 4.69) is 60.7 Å². The lowest BCUT2D eigenvalue weighted by Crippen LogP contribution is -2.18. The summed E-state index contributed by atoms with van der Waals surface area (Å²) in [4.78, 5) is 35.0. The summed E-state index contributed by atoms with van der Waals surface area (Å²) in [5.41, 5.74) is 25.5. The minimum absolute atomic E-state index is 0.833. The Bertz CT molecular complexity index is 155. The first-order chi connectivity index (χ1) is 8.20. The van der Waals surface area contributed by atoms with Crippen molar-refractivity contribution >= 4 is 24.9 Å². The fourth-order valence-electron chi connectivity index (χ4n) is 0. The number of nitrogens with two attached hydrogens (primary N) is 6. The van der Waals surface area contributed by atoms with E-state index in [1.807, 2.05) is 6.79 Å². The van der Waals surface area contributed by atoms with Crippen LogP contribution in [0, 0.1) is 0 Å². The zero-order valence-corrected chi connectivity index (χ0v) is 10.1. The van der Waals surface area contributed by atoms with Crippen LogP contribution in [-0.2, 0) is 4.79 Å². The average Bonchev–Trinajstić information content (AvgIpc) is 2.23. The molecule has 0 saturated heterocycles. The van der Waals surface area contributed by atoms with Gasteiger partial charge < -0.3 is 39.2 Å². The first kappa shape index (κ1) is 36.3.